The number of fused-ring (bicyclic) bond motifs is 3. The highest BCUT2D eigenvalue weighted by Gasteiger charge is 2.21. The van der Waals surface area contributed by atoms with Crippen molar-refractivity contribution in [2.24, 2.45) is 20.5 Å². The lowest BCUT2D eigenvalue weighted by atomic mass is 10.1. The summed E-state index contributed by atoms with van der Waals surface area (Å²) in [7, 11) is -9.39. The van der Waals surface area contributed by atoms with Crippen LogP contribution in [-0.2, 0) is 29.6 Å². The van der Waals surface area contributed by atoms with Crippen molar-refractivity contribution < 1.29 is 45.7 Å². The third-order valence-corrected chi connectivity index (χ3v) is 10.8. The first-order valence-electron chi connectivity index (χ1n) is 15.8. The molecule has 6 N–H and O–H groups in total. The van der Waals surface area contributed by atoms with Crippen molar-refractivity contribution in [2.75, 3.05) is 5.73 Å². The average molecular weight is 799 g/mol. The summed E-state index contributed by atoms with van der Waals surface area (Å²) in [4.78, 5) is 3.68. The second-order valence-electron chi connectivity index (χ2n) is 12.0. The summed E-state index contributed by atoms with van der Waals surface area (Å²) in [6, 6.07) is 27.4. The van der Waals surface area contributed by atoms with Gasteiger partial charge >= 0.3 is 0 Å². The van der Waals surface area contributed by atoms with Crippen LogP contribution in [0.3, 0.4) is 0 Å². The predicted octanol–water partition coefficient (Wildman–Crippen LogP) is 9.56. The van der Waals surface area contributed by atoms with Gasteiger partial charge in [-0.05, 0) is 84.6 Å². The highest BCUT2D eigenvalue weighted by Crippen LogP contribution is 2.46. The van der Waals surface area contributed by atoms with Crippen molar-refractivity contribution in [3.63, 3.8) is 0 Å². The summed E-state index contributed by atoms with van der Waals surface area (Å²) in [5.74, 6) is -0.551. The van der Waals surface area contributed by atoms with Crippen LogP contribution >= 0.6 is 12.0 Å². The van der Waals surface area contributed by atoms with Crippen LogP contribution in [0.15, 0.2) is 138 Å². The van der Waals surface area contributed by atoms with E-state index in [0.29, 0.717) is 28.8 Å². The van der Waals surface area contributed by atoms with E-state index in [9.17, 15) is 31.0 Å². The Morgan fingerprint density at radius 3 is 2.15 bits per heavy atom. The molecule has 19 heteroatoms. The van der Waals surface area contributed by atoms with Gasteiger partial charge in [0.2, 0.25) is 0 Å². The summed E-state index contributed by atoms with van der Waals surface area (Å²) < 4.78 is 71.8. The van der Waals surface area contributed by atoms with E-state index in [1.54, 1.807) is 18.2 Å². The number of azo groups is 2. The van der Waals surface area contributed by atoms with Gasteiger partial charge in [-0.3, -0.25) is 9.11 Å². The van der Waals surface area contributed by atoms with E-state index >= 15 is 0 Å². The van der Waals surface area contributed by atoms with Crippen LogP contribution in [0.4, 0.5) is 28.4 Å². The predicted molar refractivity (Wildman–Crippen MR) is 205 cm³/mol. The first kappa shape index (κ1) is 37.4. The molecule has 0 spiro atoms. The number of para-hydroxylation sites is 1. The van der Waals surface area contributed by atoms with Gasteiger partial charge in [0.15, 0.2) is 5.75 Å². The number of benzene rings is 6. The number of hydrogen-bond donors (Lipinski definition) is 5. The molecule has 1 heterocycles. The Bertz CT molecular complexity index is 2960. The number of hydrogen-bond acceptors (Lipinski definition) is 15. The SMILES string of the molecule is Cc1cc(-c2ccc(/N=N/c3ccc(/N=N/c4c(SOOO)cc5cc(S(=O)(=O)O)c(N)cc5c4O)c4cc(S(=O)(=O)O)ccc34)cc2)nc2ccccc12. The second kappa shape index (κ2) is 14.7. The van der Waals surface area contributed by atoms with Crippen LogP contribution in [0.25, 0.3) is 43.7 Å². The van der Waals surface area contributed by atoms with E-state index in [2.05, 4.69) is 29.8 Å². The molecule has 0 aliphatic carbocycles. The van der Waals surface area contributed by atoms with Gasteiger partial charge in [0.1, 0.15) is 10.6 Å². The third-order valence-electron chi connectivity index (χ3n) is 8.47. The number of rotatable bonds is 10. The molecule has 6 aromatic carbocycles. The molecule has 0 saturated carbocycles. The molecule has 278 valence electrons. The lowest BCUT2D eigenvalue weighted by molar-refractivity contribution is -0.432. The number of phenols is 1. The molecule has 7 rings (SSSR count). The zero-order valence-electron chi connectivity index (χ0n) is 28.1. The Labute approximate surface area is 316 Å². The van der Waals surface area contributed by atoms with E-state index in [0.717, 1.165) is 39.9 Å². The second-order valence-corrected chi connectivity index (χ2v) is 15.5. The topological polar surface area (TPSA) is 256 Å². The molecule has 0 aliphatic rings. The van der Waals surface area contributed by atoms with Gasteiger partial charge in [-0.25, -0.2) is 10.2 Å². The first-order valence-corrected chi connectivity index (χ1v) is 19.4. The number of aryl methyl sites for hydroxylation is 1. The van der Waals surface area contributed by atoms with E-state index < -0.39 is 35.8 Å². The molecule has 0 bridgehead atoms. The van der Waals surface area contributed by atoms with Gasteiger partial charge in [0.25, 0.3) is 20.2 Å². The highest BCUT2D eigenvalue weighted by atomic mass is 32.2. The van der Waals surface area contributed by atoms with Gasteiger partial charge in [0, 0.05) is 27.1 Å². The molecule has 7 aromatic rings. The van der Waals surface area contributed by atoms with Gasteiger partial charge in [-0.1, -0.05) is 41.4 Å². The quantitative estimate of drug-likeness (QED) is 0.0216. The van der Waals surface area contributed by atoms with Crippen molar-refractivity contribution in [3.05, 3.63) is 109 Å². The number of aromatic nitrogens is 1. The summed E-state index contributed by atoms with van der Waals surface area (Å²) >= 11 is 0.373. The molecule has 0 unspecified atom stereocenters. The molecular formula is C36H26N6O10S3. The molecular weight excluding hydrogens is 773 g/mol. The molecule has 55 heavy (non-hydrogen) atoms. The number of aromatic hydroxyl groups is 1. The fourth-order valence-electron chi connectivity index (χ4n) is 5.87. The van der Waals surface area contributed by atoms with Crippen LogP contribution in [0.5, 0.6) is 5.75 Å². The van der Waals surface area contributed by atoms with Crippen molar-refractivity contribution in [1.29, 1.82) is 0 Å². The molecule has 1 aromatic heterocycles. The highest BCUT2D eigenvalue weighted by molar-refractivity contribution is 7.94. The van der Waals surface area contributed by atoms with E-state index in [1.807, 2.05) is 49.4 Å². The Morgan fingerprint density at radius 2 is 1.44 bits per heavy atom. The van der Waals surface area contributed by atoms with Gasteiger partial charge in [-0.15, -0.1) is 19.7 Å². The number of anilines is 1. The fraction of sp³-hybridized carbons (Fsp3) is 0.0278. The Hall–Kier alpha value is -5.90. The molecule has 0 amide bonds. The van der Waals surface area contributed by atoms with Crippen LogP contribution in [-0.4, -0.2) is 41.3 Å². The van der Waals surface area contributed by atoms with Crippen LogP contribution in [0.1, 0.15) is 5.56 Å². The summed E-state index contributed by atoms with van der Waals surface area (Å²) in [5.41, 5.74) is 9.77. The lowest BCUT2D eigenvalue weighted by Crippen LogP contribution is -2.03. The molecule has 0 saturated heterocycles. The minimum absolute atomic E-state index is 0.0130. The third kappa shape index (κ3) is 7.72. The fourth-order valence-corrected chi connectivity index (χ4v) is 7.50. The summed E-state index contributed by atoms with van der Waals surface area (Å²) in [6.07, 6.45) is 0. The number of nitrogen functional groups attached to an aromatic ring is 1. The monoisotopic (exact) mass is 798 g/mol. The number of nitrogens with zero attached hydrogens (tertiary/aromatic N) is 5. The van der Waals surface area contributed by atoms with Crippen LogP contribution < -0.4 is 5.73 Å². The van der Waals surface area contributed by atoms with Gasteiger partial charge < -0.3 is 10.8 Å². The minimum Gasteiger partial charge on any atom is -0.505 e. The van der Waals surface area contributed by atoms with Crippen LogP contribution in [0.2, 0.25) is 0 Å². The van der Waals surface area contributed by atoms with Crippen molar-refractivity contribution in [1.82, 2.24) is 4.98 Å². The Kier molecular flexibility index (Phi) is 10.0. The molecule has 0 fully saturated rings. The summed E-state index contributed by atoms with van der Waals surface area (Å²) in [5, 5.41) is 42.5. The standard InChI is InChI=1S/C36H26N6O10S3/c1-19-14-32(38-29-5-3-2-4-24(19)29)20-6-8-22(9-7-20)39-40-30-12-13-31(27-17-23(54(45,46)47)10-11-25(27)30)41-42-35-33(53-52-51-44)15-21-16-34(55(48,49)50)28(37)18-26(21)36(35)43/h2-18,43-44H,37H2,1H3,(H,45,46,47)(H,48,49,50)/b40-39+,42-41+. The Balaban J connectivity index is 1.27. The van der Waals surface area contributed by atoms with E-state index in [4.69, 9.17) is 16.0 Å². The maximum Gasteiger partial charge on any atom is 0.296 e. The molecule has 0 radical (unpaired) electrons. The largest absolute Gasteiger partial charge is 0.505 e. The van der Waals surface area contributed by atoms with Crippen LogP contribution in [0, 0.1) is 6.92 Å². The maximum atomic E-state index is 12.1. The maximum absolute atomic E-state index is 12.1. The lowest BCUT2D eigenvalue weighted by Gasteiger charge is -2.11. The average Bonchev–Trinajstić information content (AvgIpc) is 3.15. The molecule has 16 nitrogen and oxygen atoms in total. The normalized spacial score (nSPS) is 12.5. The van der Waals surface area contributed by atoms with Crippen molar-refractivity contribution in [2.45, 2.75) is 21.6 Å². The minimum atomic E-state index is -4.73. The smallest absolute Gasteiger partial charge is 0.296 e. The molecule has 0 aliphatic heterocycles. The number of pyridine rings is 1. The number of nitrogens with two attached hydrogens (primary N) is 1. The Morgan fingerprint density at radius 1 is 0.727 bits per heavy atom. The summed E-state index contributed by atoms with van der Waals surface area (Å²) in [6.45, 7) is 2.03. The van der Waals surface area contributed by atoms with Crippen molar-refractivity contribution >= 4 is 93.2 Å². The molecule has 0 atom stereocenters. The number of phenolic OH excluding ortho intramolecular Hbond substituents is 1. The zero-order valence-corrected chi connectivity index (χ0v) is 30.5. The zero-order chi connectivity index (χ0) is 39.1. The van der Waals surface area contributed by atoms with Gasteiger partial charge in [0.05, 0.1) is 55.8 Å². The first-order chi connectivity index (χ1) is 26.2. The van der Waals surface area contributed by atoms with E-state index in [1.165, 1.54) is 30.3 Å². The van der Waals surface area contributed by atoms with E-state index in [-0.39, 0.29) is 38.1 Å². The van der Waals surface area contributed by atoms with Gasteiger partial charge in [-0.2, -0.15) is 21.9 Å². The van der Waals surface area contributed by atoms with Crippen molar-refractivity contribution in [3.8, 4) is 17.0 Å².